The molecule has 0 aliphatic carbocycles. The third kappa shape index (κ3) is 2.77. The summed E-state index contributed by atoms with van der Waals surface area (Å²) in [5.74, 6) is 4.03. The maximum Gasteiger partial charge on any atom is 0.243 e. The van der Waals surface area contributed by atoms with Crippen molar-refractivity contribution in [3.05, 3.63) is 11.7 Å². The summed E-state index contributed by atoms with van der Waals surface area (Å²) in [6.45, 7) is 6.52. The Bertz CT molecular complexity index is 323. The highest BCUT2D eigenvalue weighted by Gasteiger charge is 2.22. The second kappa shape index (κ2) is 5.68. The summed E-state index contributed by atoms with van der Waals surface area (Å²) in [5.41, 5.74) is 0. The molecule has 0 unspecified atom stereocenters. The molecule has 1 aliphatic heterocycles. The molecule has 0 amide bonds. The molecular formula is C11H19N3OS. The molecule has 1 aliphatic rings. The van der Waals surface area contributed by atoms with Crippen LogP contribution in [0.15, 0.2) is 4.52 Å². The molecule has 0 radical (unpaired) electrons. The molecule has 1 saturated heterocycles. The van der Waals surface area contributed by atoms with Crippen LogP contribution in [0.1, 0.15) is 38.0 Å². The Morgan fingerprint density at radius 3 is 2.88 bits per heavy atom. The lowest BCUT2D eigenvalue weighted by atomic mass is 10.2. The normalized spacial score (nSPS) is 19.9. The summed E-state index contributed by atoms with van der Waals surface area (Å²) >= 11 is 2.02. The average Bonchev–Trinajstić information content (AvgIpc) is 2.78. The van der Waals surface area contributed by atoms with Crippen LogP contribution >= 0.6 is 11.8 Å². The third-order valence-corrected chi connectivity index (χ3v) is 3.85. The molecule has 90 valence electrons. The van der Waals surface area contributed by atoms with Crippen LogP contribution in [-0.4, -0.2) is 39.6 Å². The van der Waals surface area contributed by atoms with Crippen LogP contribution in [0.5, 0.6) is 0 Å². The number of hydrogen-bond donors (Lipinski definition) is 0. The minimum Gasteiger partial charge on any atom is -0.338 e. The number of hydrogen-bond acceptors (Lipinski definition) is 5. The van der Waals surface area contributed by atoms with E-state index in [1.54, 1.807) is 0 Å². The van der Waals surface area contributed by atoms with Gasteiger partial charge in [0, 0.05) is 31.0 Å². The monoisotopic (exact) mass is 241 g/mol. The molecule has 0 bridgehead atoms. The molecule has 4 nitrogen and oxygen atoms in total. The lowest BCUT2D eigenvalue weighted by Gasteiger charge is -2.29. The van der Waals surface area contributed by atoms with Gasteiger partial charge in [-0.1, -0.05) is 12.1 Å². The van der Waals surface area contributed by atoms with Gasteiger partial charge in [-0.15, -0.1) is 0 Å². The molecule has 0 spiro atoms. The molecule has 1 aromatic heterocycles. The van der Waals surface area contributed by atoms with E-state index in [1.807, 2.05) is 11.8 Å². The smallest absolute Gasteiger partial charge is 0.243 e. The van der Waals surface area contributed by atoms with E-state index in [0.717, 1.165) is 37.6 Å². The number of aromatic nitrogens is 2. The Morgan fingerprint density at radius 2 is 2.19 bits per heavy atom. The van der Waals surface area contributed by atoms with Crippen molar-refractivity contribution in [2.75, 3.05) is 24.6 Å². The van der Waals surface area contributed by atoms with E-state index in [-0.39, 0.29) is 6.04 Å². The molecule has 2 rings (SSSR count). The summed E-state index contributed by atoms with van der Waals surface area (Å²) in [5, 5.41) is 4.00. The molecule has 16 heavy (non-hydrogen) atoms. The fraction of sp³-hybridized carbons (Fsp3) is 0.818. The number of rotatable bonds is 4. The van der Waals surface area contributed by atoms with Gasteiger partial charge in [-0.05, 0) is 13.3 Å². The fourth-order valence-corrected chi connectivity index (χ4v) is 2.81. The number of aryl methyl sites for hydroxylation is 1. The Morgan fingerprint density at radius 1 is 1.44 bits per heavy atom. The molecule has 1 aromatic rings. The lowest BCUT2D eigenvalue weighted by molar-refractivity contribution is 0.189. The first-order chi connectivity index (χ1) is 7.81. The van der Waals surface area contributed by atoms with Crippen LogP contribution < -0.4 is 0 Å². The summed E-state index contributed by atoms with van der Waals surface area (Å²) in [4.78, 5) is 6.87. The van der Waals surface area contributed by atoms with Gasteiger partial charge in [-0.3, -0.25) is 4.90 Å². The summed E-state index contributed by atoms with van der Waals surface area (Å²) < 4.78 is 5.32. The van der Waals surface area contributed by atoms with Gasteiger partial charge >= 0.3 is 0 Å². The highest BCUT2D eigenvalue weighted by atomic mass is 32.2. The zero-order valence-electron chi connectivity index (χ0n) is 9.98. The Labute approximate surface area is 101 Å². The fourth-order valence-electron chi connectivity index (χ4n) is 1.88. The first-order valence-corrected chi connectivity index (χ1v) is 7.11. The molecule has 0 aromatic carbocycles. The van der Waals surface area contributed by atoms with Crippen LogP contribution in [0.25, 0.3) is 0 Å². The largest absolute Gasteiger partial charge is 0.338 e. The Balaban J connectivity index is 1.98. The maximum atomic E-state index is 5.32. The predicted octanol–water partition coefficient (Wildman–Crippen LogP) is 2.13. The first kappa shape index (κ1) is 11.9. The minimum absolute atomic E-state index is 0.263. The summed E-state index contributed by atoms with van der Waals surface area (Å²) in [6, 6.07) is 0.263. The summed E-state index contributed by atoms with van der Waals surface area (Å²) in [7, 11) is 0. The molecule has 2 heterocycles. The number of nitrogens with zero attached hydrogens (tertiary/aromatic N) is 3. The zero-order chi connectivity index (χ0) is 11.4. The van der Waals surface area contributed by atoms with Gasteiger partial charge in [0.2, 0.25) is 5.89 Å². The second-order valence-electron chi connectivity index (χ2n) is 4.12. The minimum atomic E-state index is 0.263. The van der Waals surface area contributed by atoms with Crippen LogP contribution in [0.3, 0.4) is 0 Å². The van der Waals surface area contributed by atoms with Crippen molar-refractivity contribution < 1.29 is 4.52 Å². The second-order valence-corrected chi connectivity index (χ2v) is 5.35. The molecule has 0 N–H and O–H groups in total. The van der Waals surface area contributed by atoms with Gasteiger partial charge in [-0.2, -0.15) is 16.7 Å². The topological polar surface area (TPSA) is 42.2 Å². The van der Waals surface area contributed by atoms with Crippen LogP contribution in [0.2, 0.25) is 0 Å². The van der Waals surface area contributed by atoms with E-state index < -0.39 is 0 Å². The average molecular weight is 241 g/mol. The van der Waals surface area contributed by atoms with E-state index >= 15 is 0 Å². The molecular weight excluding hydrogens is 222 g/mol. The van der Waals surface area contributed by atoms with Gasteiger partial charge < -0.3 is 4.52 Å². The Kier molecular flexibility index (Phi) is 4.23. The van der Waals surface area contributed by atoms with Crippen molar-refractivity contribution in [1.82, 2.24) is 15.0 Å². The van der Waals surface area contributed by atoms with Crippen LogP contribution in [-0.2, 0) is 6.42 Å². The van der Waals surface area contributed by atoms with Crippen LogP contribution in [0.4, 0.5) is 0 Å². The molecule has 5 heteroatoms. The van der Waals surface area contributed by atoms with Gasteiger partial charge in [0.05, 0.1) is 6.04 Å². The predicted molar refractivity (Wildman–Crippen MR) is 65.6 cm³/mol. The van der Waals surface area contributed by atoms with E-state index in [2.05, 4.69) is 28.9 Å². The lowest BCUT2D eigenvalue weighted by Crippen LogP contribution is -2.34. The zero-order valence-corrected chi connectivity index (χ0v) is 10.8. The highest BCUT2D eigenvalue weighted by molar-refractivity contribution is 7.99. The molecule has 0 saturated carbocycles. The third-order valence-electron chi connectivity index (χ3n) is 2.91. The molecule has 1 atom stereocenters. The van der Waals surface area contributed by atoms with Crippen molar-refractivity contribution in [3.63, 3.8) is 0 Å². The van der Waals surface area contributed by atoms with Crippen molar-refractivity contribution in [1.29, 1.82) is 0 Å². The van der Waals surface area contributed by atoms with E-state index in [4.69, 9.17) is 4.52 Å². The SMILES string of the molecule is CCCc1noc([C@H](C)N2CCSCC2)n1. The standard InChI is InChI=1S/C11H19N3OS/c1-3-4-10-12-11(15-13-10)9(2)14-5-7-16-8-6-14/h9H,3-8H2,1-2H3/t9-/m0/s1. The van der Waals surface area contributed by atoms with Crippen molar-refractivity contribution in [2.24, 2.45) is 0 Å². The quantitative estimate of drug-likeness (QED) is 0.808. The van der Waals surface area contributed by atoms with E-state index in [1.165, 1.54) is 11.5 Å². The van der Waals surface area contributed by atoms with Crippen molar-refractivity contribution >= 4 is 11.8 Å². The summed E-state index contributed by atoms with van der Waals surface area (Å²) in [6.07, 6.45) is 1.97. The van der Waals surface area contributed by atoms with Gasteiger partial charge in [0.1, 0.15) is 0 Å². The van der Waals surface area contributed by atoms with Gasteiger partial charge in [-0.25, -0.2) is 0 Å². The van der Waals surface area contributed by atoms with E-state index in [0.29, 0.717) is 0 Å². The van der Waals surface area contributed by atoms with Crippen molar-refractivity contribution in [3.8, 4) is 0 Å². The van der Waals surface area contributed by atoms with Gasteiger partial charge in [0.15, 0.2) is 5.82 Å². The van der Waals surface area contributed by atoms with Crippen LogP contribution in [0, 0.1) is 0 Å². The van der Waals surface area contributed by atoms with E-state index in [9.17, 15) is 0 Å². The first-order valence-electron chi connectivity index (χ1n) is 5.95. The highest BCUT2D eigenvalue weighted by Crippen LogP contribution is 2.22. The maximum absolute atomic E-state index is 5.32. The van der Waals surface area contributed by atoms with Gasteiger partial charge in [0.25, 0.3) is 0 Å². The van der Waals surface area contributed by atoms with Crippen molar-refractivity contribution in [2.45, 2.75) is 32.7 Å². The Hall–Kier alpha value is -0.550. The number of thioether (sulfide) groups is 1. The molecule has 1 fully saturated rings.